The molecule has 0 aromatic heterocycles. The van der Waals surface area contributed by atoms with E-state index in [1.54, 1.807) is 24.3 Å². The molecule has 0 bridgehead atoms. The summed E-state index contributed by atoms with van der Waals surface area (Å²) >= 11 is 0. The highest BCUT2D eigenvalue weighted by atomic mass is 16.7. The molecule has 0 fully saturated rings. The fourth-order valence-electron chi connectivity index (χ4n) is 1.54. The van der Waals surface area contributed by atoms with Gasteiger partial charge in [-0.05, 0) is 12.1 Å². The van der Waals surface area contributed by atoms with E-state index in [1.165, 1.54) is 0 Å². The van der Waals surface area contributed by atoms with Crippen LogP contribution in [0.3, 0.4) is 0 Å². The molecule has 0 saturated heterocycles. The van der Waals surface area contributed by atoms with Gasteiger partial charge in [0, 0.05) is 5.41 Å². The fourth-order valence-corrected chi connectivity index (χ4v) is 1.54. The van der Waals surface area contributed by atoms with Crippen molar-refractivity contribution in [3.63, 3.8) is 0 Å². The number of ether oxygens (including phenoxy) is 2. The van der Waals surface area contributed by atoms with Gasteiger partial charge in [-0.25, -0.2) is 9.59 Å². The Balaban J connectivity index is 2.43. The standard InChI is InChI=1S/C13H14O4/c1-13(2,3)12-16-10(14)8-6-4-5-7-9(8)11(15)17-12/h4-7,12H,1-3H3. The van der Waals surface area contributed by atoms with E-state index in [0.29, 0.717) is 0 Å². The van der Waals surface area contributed by atoms with Gasteiger partial charge in [0.1, 0.15) is 0 Å². The van der Waals surface area contributed by atoms with E-state index >= 15 is 0 Å². The molecule has 1 aliphatic heterocycles. The van der Waals surface area contributed by atoms with E-state index in [4.69, 9.17) is 9.47 Å². The first-order valence-corrected chi connectivity index (χ1v) is 5.40. The van der Waals surface area contributed by atoms with Crippen LogP contribution in [0, 0.1) is 5.41 Å². The summed E-state index contributed by atoms with van der Waals surface area (Å²) in [7, 11) is 0. The van der Waals surface area contributed by atoms with Gasteiger partial charge in [0.2, 0.25) is 0 Å². The summed E-state index contributed by atoms with van der Waals surface area (Å²) in [4.78, 5) is 23.7. The van der Waals surface area contributed by atoms with Crippen LogP contribution in [0.15, 0.2) is 24.3 Å². The van der Waals surface area contributed by atoms with Crippen molar-refractivity contribution >= 4 is 11.9 Å². The summed E-state index contributed by atoms with van der Waals surface area (Å²) in [6.07, 6.45) is -0.866. The molecule has 1 aromatic rings. The highest BCUT2D eigenvalue weighted by molar-refractivity contribution is 6.04. The van der Waals surface area contributed by atoms with Crippen molar-refractivity contribution < 1.29 is 19.1 Å². The molecular weight excluding hydrogens is 220 g/mol. The van der Waals surface area contributed by atoms with Crippen molar-refractivity contribution in [3.05, 3.63) is 35.4 Å². The van der Waals surface area contributed by atoms with Gasteiger partial charge in [0.15, 0.2) is 0 Å². The lowest BCUT2D eigenvalue weighted by Gasteiger charge is -2.27. The summed E-state index contributed by atoms with van der Waals surface area (Å²) in [5, 5.41) is 0. The SMILES string of the molecule is CC(C)(C)C1OC(=O)c2ccccc2C(=O)O1. The Morgan fingerprint density at radius 2 is 1.35 bits per heavy atom. The normalized spacial score (nSPS) is 16.9. The Hall–Kier alpha value is -1.84. The summed E-state index contributed by atoms with van der Waals surface area (Å²) in [6, 6.07) is 6.49. The molecule has 0 unspecified atom stereocenters. The van der Waals surface area contributed by atoms with Crippen LogP contribution in [0.4, 0.5) is 0 Å². The predicted molar refractivity (Wildman–Crippen MR) is 60.5 cm³/mol. The molecule has 0 spiro atoms. The minimum absolute atomic E-state index is 0.254. The van der Waals surface area contributed by atoms with Gasteiger partial charge >= 0.3 is 11.9 Å². The Kier molecular flexibility index (Phi) is 2.65. The van der Waals surface area contributed by atoms with Crippen molar-refractivity contribution in [1.29, 1.82) is 0 Å². The van der Waals surface area contributed by atoms with Gasteiger partial charge in [-0.2, -0.15) is 0 Å². The lowest BCUT2D eigenvalue weighted by molar-refractivity contribution is -0.128. The lowest BCUT2D eigenvalue weighted by atomic mass is 9.96. The molecule has 0 radical (unpaired) electrons. The third-order valence-corrected chi connectivity index (χ3v) is 2.50. The second-order valence-electron chi connectivity index (χ2n) is 5.05. The van der Waals surface area contributed by atoms with Crippen LogP contribution in [0.5, 0.6) is 0 Å². The number of carbonyl (C=O) groups excluding carboxylic acids is 2. The summed E-state index contributed by atoms with van der Waals surface area (Å²) in [6.45, 7) is 5.52. The number of rotatable bonds is 0. The second kappa shape index (κ2) is 3.87. The first kappa shape index (κ1) is 11.6. The molecule has 17 heavy (non-hydrogen) atoms. The van der Waals surface area contributed by atoms with Gasteiger partial charge in [-0.3, -0.25) is 0 Å². The maximum atomic E-state index is 11.9. The Morgan fingerprint density at radius 1 is 0.941 bits per heavy atom. The van der Waals surface area contributed by atoms with Crippen LogP contribution in [0.25, 0.3) is 0 Å². The minimum atomic E-state index is -0.866. The van der Waals surface area contributed by atoms with Crippen molar-refractivity contribution in [1.82, 2.24) is 0 Å². The van der Waals surface area contributed by atoms with E-state index < -0.39 is 23.6 Å². The average molecular weight is 234 g/mol. The zero-order valence-corrected chi connectivity index (χ0v) is 10.0. The number of hydrogen-bond donors (Lipinski definition) is 0. The summed E-state index contributed by atoms with van der Waals surface area (Å²) in [5.74, 6) is -1.04. The molecule has 0 amide bonds. The molecule has 1 heterocycles. The zero-order valence-electron chi connectivity index (χ0n) is 10.0. The van der Waals surface area contributed by atoms with Gasteiger partial charge in [-0.1, -0.05) is 32.9 Å². The molecule has 0 N–H and O–H groups in total. The number of cyclic esters (lactones) is 2. The van der Waals surface area contributed by atoms with Crippen LogP contribution in [0.1, 0.15) is 41.5 Å². The van der Waals surface area contributed by atoms with Crippen molar-refractivity contribution in [2.24, 2.45) is 5.41 Å². The topological polar surface area (TPSA) is 52.6 Å². The van der Waals surface area contributed by atoms with Gasteiger partial charge in [0.25, 0.3) is 6.29 Å². The number of fused-ring (bicyclic) bond motifs is 1. The average Bonchev–Trinajstić information content (AvgIpc) is 2.38. The molecule has 0 aliphatic carbocycles. The van der Waals surface area contributed by atoms with E-state index in [9.17, 15) is 9.59 Å². The Morgan fingerprint density at radius 3 is 1.71 bits per heavy atom. The number of hydrogen-bond acceptors (Lipinski definition) is 4. The van der Waals surface area contributed by atoms with Crippen LogP contribution in [-0.2, 0) is 9.47 Å². The summed E-state index contributed by atoms with van der Waals surface area (Å²) in [5.41, 5.74) is 0.0568. The summed E-state index contributed by atoms with van der Waals surface area (Å²) < 4.78 is 10.4. The van der Waals surface area contributed by atoms with Crippen LogP contribution >= 0.6 is 0 Å². The molecule has 4 heteroatoms. The quantitative estimate of drug-likeness (QED) is 0.647. The molecule has 90 valence electrons. The predicted octanol–water partition coefficient (Wildman–Crippen LogP) is 2.39. The van der Waals surface area contributed by atoms with E-state index in [1.807, 2.05) is 20.8 Å². The molecule has 1 aliphatic rings. The van der Waals surface area contributed by atoms with E-state index in [-0.39, 0.29) is 11.1 Å². The number of esters is 2. The lowest BCUT2D eigenvalue weighted by Crippen LogP contribution is -2.33. The van der Waals surface area contributed by atoms with E-state index in [2.05, 4.69) is 0 Å². The van der Waals surface area contributed by atoms with Gasteiger partial charge in [0.05, 0.1) is 11.1 Å². The third kappa shape index (κ3) is 2.16. The molecule has 0 saturated carbocycles. The molecule has 2 rings (SSSR count). The van der Waals surface area contributed by atoms with Crippen molar-refractivity contribution in [2.45, 2.75) is 27.1 Å². The fraction of sp³-hybridized carbons (Fsp3) is 0.385. The Bertz CT molecular complexity index is 434. The van der Waals surface area contributed by atoms with Gasteiger partial charge < -0.3 is 9.47 Å². The number of benzene rings is 1. The van der Waals surface area contributed by atoms with Crippen LogP contribution in [-0.4, -0.2) is 18.2 Å². The van der Waals surface area contributed by atoms with E-state index in [0.717, 1.165) is 0 Å². The maximum Gasteiger partial charge on any atom is 0.342 e. The van der Waals surface area contributed by atoms with Gasteiger partial charge in [-0.15, -0.1) is 0 Å². The first-order valence-electron chi connectivity index (χ1n) is 5.40. The minimum Gasteiger partial charge on any atom is -0.421 e. The first-order chi connectivity index (χ1) is 7.89. The highest BCUT2D eigenvalue weighted by Gasteiger charge is 2.36. The molecule has 1 aromatic carbocycles. The second-order valence-corrected chi connectivity index (χ2v) is 5.05. The smallest absolute Gasteiger partial charge is 0.342 e. The molecular formula is C13H14O4. The zero-order chi connectivity index (χ0) is 12.6. The third-order valence-electron chi connectivity index (χ3n) is 2.50. The maximum absolute atomic E-state index is 11.9. The largest absolute Gasteiger partial charge is 0.421 e. The van der Waals surface area contributed by atoms with Crippen LogP contribution < -0.4 is 0 Å². The highest BCUT2D eigenvalue weighted by Crippen LogP contribution is 2.28. The molecule has 0 atom stereocenters. The van der Waals surface area contributed by atoms with Crippen LogP contribution in [0.2, 0.25) is 0 Å². The Labute approximate surface area is 99.5 Å². The van der Waals surface area contributed by atoms with Crippen molar-refractivity contribution in [2.75, 3.05) is 0 Å². The number of carbonyl (C=O) groups is 2. The monoisotopic (exact) mass is 234 g/mol. The molecule has 4 nitrogen and oxygen atoms in total. The van der Waals surface area contributed by atoms with Crippen molar-refractivity contribution in [3.8, 4) is 0 Å².